The van der Waals surface area contributed by atoms with Crippen molar-refractivity contribution >= 4 is 22.4 Å². The Morgan fingerprint density at radius 2 is 2.60 bits per heavy atom. The van der Waals surface area contributed by atoms with Crippen molar-refractivity contribution in [1.82, 2.24) is 4.98 Å². The van der Waals surface area contributed by atoms with Crippen LogP contribution in [0.2, 0.25) is 0 Å². The number of thiazole rings is 1. The van der Waals surface area contributed by atoms with Crippen molar-refractivity contribution in [3.05, 3.63) is 11.1 Å². The summed E-state index contributed by atoms with van der Waals surface area (Å²) in [5, 5.41) is 11.2. The van der Waals surface area contributed by atoms with E-state index in [4.69, 9.17) is 5.11 Å². The quantitative estimate of drug-likeness (QED) is 0.857. The van der Waals surface area contributed by atoms with E-state index in [1.54, 1.807) is 5.38 Å². The topological polar surface area (TPSA) is 53.4 Å². The zero-order chi connectivity index (χ0) is 10.8. The molecule has 0 spiro atoms. The maximum absolute atomic E-state index is 10.7. The van der Waals surface area contributed by atoms with E-state index < -0.39 is 5.97 Å². The first kappa shape index (κ1) is 10.4. The van der Waals surface area contributed by atoms with Crippen LogP contribution in [0.5, 0.6) is 0 Å². The fourth-order valence-electron chi connectivity index (χ4n) is 1.85. The summed E-state index contributed by atoms with van der Waals surface area (Å²) in [5.74, 6) is -0.203. The van der Waals surface area contributed by atoms with Gasteiger partial charge in [-0.2, -0.15) is 0 Å². The highest BCUT2D eigenvalue weighted by Crippen LogP contribution is 2.28. The van der Waals surface area contributed by atoms with Gasteiger partial charge in [0.05, 0.1) is 0 Å². The molecule has 5 heteroatoms. The molecule has 0 radical (unpaired) electrons. The summed E-state index contributed by atoms with van der Waals surface area (Å²) in [6.45, 7) is 4.22. The number of hydrogen-bond donors (Lipinski definition) is 1. The van der Waals surface area contributed by atoms with Crippen LogP contribution < -0.4 is 4.90 Å². The van der Waals surface area contributed by atoms with Crippen LogP contribution in [-0.2, 0) is 0 Å². The maximum atomic E-state index is 10.7. The Labute approximate surface area is 92.6 Å². The lowest BCUT2D eigenvalue weighted by molar-refractivity contribution is 0.0691. The predicted molar refractivity (Wildman–Crippen MR) is 59.7 cm³/mol. The minimum atomic E-state index is -0.941. The number of aromatic carboxylic acids is 1. The Morgan fingerprint density at radius 1 is 1.80 bits per heavy atom. The number of hydrogen-bond acceptors (Lipinski definition) is 4. The molecule has 1 aliphatic rings. The number of carbonyl (C=O) groups is 1. The fourth-order valence-corrected chi connectivity index (χ4v) is 2.68. The second-order valence-corrected chi connectivity index (χ2v) is 4.67. The molecule has 82 valence electrons. The standard InChI is InChI=1S/C10H14N2O2S/c1-2-7-3-4-12(5-7)10-11-8(6-15-10)9(13)14/h6-7H,2-5H2,1H3,(H,13,14). The van der Waals surface area contributed by atoms with Crippen molar-refractivity contribution in [1.29, 1.82) is 0 Å². The second kappa shape index (κ2) is 4.18. The smallest absolute Gasteiger partial charge is 0.355 e. The van der Waals surface area contributed by atoms with E-state index >= 15 is 0 Å². The number of carboxylic acid groups (broad SMARTS) is 1. The zero-order valence-corrected chi connectivity index (χ0v) is 9.46. The molecule has 1 aliphatic heterocycles. The average molecular weight is 226 g/mol. The highest BCUT2D eigenvalue weighted by Gasteiger charge is 2.23. The van der Waals surface area contributed by atoms with Gasteiger partial charge in [-0.1, -0.05) is 13.3 Å². The third kappa shape index (κ3) is 2.12. The highest BCUT2D eigenvalue weighted by atomic mass is 32.1. The fraction of sp³-hybridized carbons (Fsp3) is 0.600. The molecular formula is C10H14N2O2S. The van der Waals surface area contributed by atoms with E-state index in [0.717, 1.165) is 24.1 Å². The van der Waals surface area contributed by atoms with Crippen LogP contribution in [0.15, 0.2) is 5.38 Å². The number of anilines is 1. The number of nitrogens with zero attached hydrogens (tertiary/aromatic N) is 2. The molecule has 1 N–H and O–H groups in total. The molecule has 0 saturated carbocycles. The lowest BCUT2D eigenvalue weighted by Crippen LogP contribution is -2.19. The third-order valence-electron chi connectivity index (χ3n) is 2.84. The van der Waals surface area contributed by atoms with Gasteiger partial charge in [0.2, 0.25) is 0 Å². The Balaban J connectivity index is 2.07. The van der Waals surface area contributed by atoms with Crippen LogP contribution in [-0.4, -0.2) is 29.1 Å². The van der Waals surface area contributed by atoms with Gasteiger partial charge >= 0.3 is 5.97 Å². The summed E-state index contributed by atoms with van der Waals surface area (Å²) >= 11 is 1.42. The van der Waals surface area contributed by atoms with Crippen molar-refractivity contribution in [3.63, 3.8) is 0 Å². The van der Waals surface area contributed by atoms with E-state index in [9.17, 15) is 4.79 Å². The molecule has 1 aromatic rings. The van der Waals surface area contributed by atoms with E-state index in [0.29, 0.717) is 0 Å². The highest BCUT2D eigenvalue weighted by molar-refractivity contribution is 7.13. The van der Waals surface area contributed by atoms with Gasteiger partial charge in [0.25, 0.3) is 0 Å². The minimum Gasteiger partial charge on any atom is -0.476 e. The van der Waals surface area contributed by atoms with Crippen LogP contribution in [0.25, 0.3) is 0 Å². The van der Waals surface area contributed by atoms with E-state index in [1.165, 1.54) is 24.2 Å². The monoisotopic (exact) mass is 226 g/mol. The largest absolute Gasteiger partial charge is 0.476 e. The molecular weight excluding hydrogens is 212 g/mol. The van der Waals surface area contributed by atoms with Crippen molar-refractivity contribution in [2.45, 2.75) is 19.8 Å². The Hall–Kier alpha value is -1.10. The average Bonchev–Trinajstić information content (AvgIpc) is 2.86. The third-order valence-corrected chi connectivity index (χ3v) is 3.75. The molecule has 1 aromatic heterocycles. The second-order valence-electron chi connectivity index (χ2n) is 3.83. The molecule has 1 unspecified atom stereocenters. The lowest BCUT2D eigenvalue weighted by Gasteiger charge is -2.13. The first-order chi connectivity index (χ1) is 7.20. The predicted octanol–water partition coefficient (Wildman–Crippen LogP) is 2.08. The van der Waals surface area contributed by atoms with E-state index in [1.807, 2.05) is 0 Å². The van der Waals surface area contributed by atoms with Crippen molar-refractivity contribution < 1.29 is 9.90 Å². The lowest BCUT2D eigenvalue weighted by atomic mass is 10.1. The molecule has 0 aliphatic carbocycles. The van der Waals surface area contributed by atoms with Crippen LogP contribution in [0.1, 0.15) is 30.3 Å². The van der Waals surface area contributed by atoms with Gasteiger partial charge in [0.1, 0.15) is 0 Å². The van der Waals surface area contributed by atoms with Crippen molar-refractivity contribution in [2.24, 2.45) is 5.92 Å². The van der Waals surface area contributed by atoms with Crippen LogP contribution >= 0.6 is 11.3 Å². The molecule has 0 aromatic carbocycles. The summed E-state index contributed by atoms with van der Waals surface area (Å²) in [6, 6.07) is 0. The van der Waals surface area contributed by atoms with Gasteiger partial charge in [-0.05, 0) is 12.3 Å². The minimum absolute atomic E-state index is 0.162. The normalized spacial score (nSPS) is 20.9. The molecule has 0 bridgehead atoms. The Bertz CT molecular complexity index is 364. The summed E-state index contributed by atoms with van der Waals surface area (Å²) in [4.78, 5) is 17.0. The van der Waals surface area contributed by atoms with Gasteiger partial charge in [-0.3, -0.25) is 0 Å². The van der Waals surface area contributed by atoms with E-state index in [2.05, 4.69) is 16.8 Å². The van der Waals surface area contributed by atoms with Gasteiger partial charge < -0.3 is 10.0 Å². The van der Waals surface area contributed by atoms with Gasteiger partial charge in [-0.25, -0.2) is 9.78 Å². The number of aromatic nitrogens is 1. The molecule has 1 fully saturated rings. The molecule has 1 saturated heterocycles. The molecule has 2 rings (SSSR count). The van der Waals surface area contributed by atoms with Crippen molar-refractivity contribution in [3.8, 4) is 0 Å². The van der Waals surface area contributed by atoms with Crippen LogP contribution in [0.3, 0.4) is 0 Å². The summed E-state index contributed by atoms with van der Waals surface area (Å²) < 4.78 is 0. The summed E-state index contributed by atoms with van der Waals surface area (Å²) in [6.07, 6.45) is 2.38. The molecule has 0 amide bonds. The van der Waals surface area contributed by atoms with Crippen LogP contribution in [0, 0.1) is 5.92 Å². The molecule has 15 heavy (non-hydrogen) atoms. The Kier molecular flexibility index (Phi) is 2.90. The van der Waals surface area contributed by atoms with Crippen molar-refractivity contribution in [2.75, 3.05) is 18.0 Å². The Morgan fingerprint density at radius 3 is 3.13 bits per heavy atom. The van der Waals surface area contributed by atoms with Gasteiger partial charge in [-0.15, -0.1) is 11.3 Å². The van der Waals surface area contributed by atoms with Crippen LogP contribution in [0.4, 0.5) is 5.13 Å². The van der Waals surface area contributed by atoms with Gasteiger partial charge in [0, 0.05) is 18.5 Å². The summed E-state index contributed by atoms with van der Waals surface area (Å²) in [7, 11) is 0. The first-order valence-corrected chi connectivity index (χ1v) is 6.02. The summed E-state index contributed by atoms with van der Waals surface area (Å²) in [5.41, 5.74) is 0.162. The molecule has 2 heterocycles. The van der Waals surface area contributed by atoms with E-state index in [-0.39, 0.29) is 5.69 Å². The molecule has 4 nitrogen and oxygen atoms in total. The first-order valence-electron chi connectivity index (χ1n) is 5.14. The zero-order valence-electron chi connectivity index (χ0n) is 8.64. The number of carboxylic acids is 1. The van der Waals surface area contributed by atoms with Gasteiger partial charge in [0.15, 0.2) is 10.8 Å². The maximum Gasteiger partial charge on any atom is 0.355 e. The number of rotatable bonds is 3. The molecule has 1 atom stereocenters. The SMILES string of the molecule is CCC1CCN(c2nc(C(=O)O)cs2)C1.